The molecule has 1 heteroatoms. The lowest BCUT2D eigenvalue weighted by molar-refractivity contribution is -0.0620. The highest BCUT2D eigenvalue weighted by Gasteiger charge is 2.68. The summed E-state index contributed by atoms with van der Waals surface area (Å²) in [6, 6.07) is 0.951. The van der Waals surface area contributed by atoms with Gasteiger partial charge in [0.25, 0.3) is 0 Å². The normalized spacial score (nSPS) is 60.6. The minimum atomic E-state index is 0.816. The summed E-state index contributed by atoms with van der Waals surface area (Å²) in [4.78, 5) is 2.52. The van der Waals surface area contributed by atoms with E-state index < -0.39 is 0 Å². The van der Waals surface area contributed by atoms with Crippen LogP contribution in [0.15, 0.2) is 0 Å². The average Bonchev–Trinajstić information content (AvgIpc) is 2.89. The van der Waals surface area contributed by atoms with E-state index in [9.17, 15) is 0 Å². The Hall–Kier alpha value is -0.0400. The van der Waals surface area contributed by atoms with E-state index in [4.69, 9.17) is 0 Å². The van der Waals surface area contributed by atoms with Crippen molar-refractivity contribution in [1.29, 1.82) is 0 Å². The van der Waals surface area contributed by atoms with Crippen LogP contribution in [0.5, 0.6) is 0 Å². The van der Waals surface area contributed by atoms with Gasteiger partial charge in [0.15, 0.2) is 0 Å². The molecular weight excluding hydrogens is 182 g/mol. The number of hydrogen-bond acceptors (Lipinski definition) is 1. The first-order valence-electron chi connectivity index (χ1n) is 6.86. The Morgan fingerprint density at radius 2 is 1.40 bits per heavy atom. The summed E-state index contributed by atoms with van der Waals surface area (Å²) in [5.41, 5.74) is 0.816. The van der Waals surface area contributed by atoms with E-state index in [1.165, 1.54) is 6.42 Å². The van der Waals surface area contributed by atoms with E-state index in [0.29, 0.717) is 0 Å². The first-order chi connectivity index (χ1) is 7.20. The Morgan fingerprint density at radius 3 is 1.80 bits per heavy atom. The third-order valence-corrected chi connectivity index (χ3v) is 6.29. The van der Waals surface area contributed by atoms with Crippen LogP contribution in [-0.2, 0) is 0 Å². The maximum Gasteiger partial charge on any atom is 0.0158 e. The molecule has 5 aliphatic carbocycles. The molecule has 5 rings (SSSR count). The van der Waals surface area contributed by atoms with Gasteiger partial charge in [-0.05, 0) is 81.7 Å². The summed E-state index contributed by atoms with van der Waals surface area (Å²) in [6.45, 7) is 0. The maximum absolute atomic E-state index is 2.52. The SMILES string of the molecule is CN(C)[C@H]1CC12C1CC3CC(C1)CC2C3. The average molecular weight is 205 g/mol. The molecule has 0 aromatic heterocycles. The van der Waals surface area contributed by atoms with Crippen LogP contribution < -0.4 is 0 Å². The Labute approximate surface area is 93.2 Å². The standard InChI is InChI=1S/C14H23N/c1-15(2)13-8-14(13)11-4-9-3-10(6-11)7-12(14)5-9/h9-13H,3-8H2,1-2H3/t9?,10?,11?,12?,13-,14?/m0/s1. The van der Waals surface area contributed by atoms with Crippen LogP contribution >= 0.6 is 0 Å². The van der Waals surface area contributed by atoms with Crippen LogP contribution in [-0.4, -0.2) is 25.0 Å². The van der Waals surface area contributed by atoms with Gasteiger partial charge in [-0.1, -0.05) is 0 Å². The van der Waals surface area contributed by atoms with Crippen LogP contribution in [0.4, 0.5) is 0 Å². The zero-order valence-electron chi connectivity index (χ0n) is 10.1. The van der Waals surface area contributed by atoms with Crippen molar-refractivity contribution in [1.82, 2.24) is 4.90 Å². The molecule has 1 atom stereocenters. The van der Waals surface area contributed by atoms with Gasteiger partial charge in [0.2, 0.25) is 0 Å². The van der Waals surface area contributed by atoms with Crippen LogP contribution in [0.1, 0.15) is 38.5 Å². The molecule has 0 aromatic carbocycles. The minimum Gasteiger partial charge on any atom is -0.306 e. The fourth-order valence-corrected chi connectivity index (χ4v) is 5.88. The molecule has 84 valence electrons. The molecule has 0 saturated heterocycles. The van der Waals surface area contributed by atoms with Crippen LogP contribution in [0, 0.1) is 29.1 Å². The van der Waals surface area contributed by atoms with Gasteiger partial charge in [-0.15, -0.1) is 0 Å². The zero-order valence-corrected chi connectivity index (χ0v) is 10.1. The Balaban J connectivity index is 1.67. The molecule has 0 aromatic rings. The molecule has 1 spiro atoms. The van der Waals surface area contributed by atoms with Crippen LogP contribution in [0.2, 0.25) is 0 Å². The Bertz CT molecular complexity index is 266. The number of hydrogen-bond donors (Lipinski definition) is 0. The molecule has 0 amide bonds. The summed E-state index contributed by atoms with van der Waals surface area (Å²) >= 11 is 0. The van der Waals surface area contributed by atoms with Gasteiger partial charge in [-0.3, -0.25) is 0 Å². The first-order valence-corrected chi connectivity index (χ1v) is 6.86. The van der Waals surface area contributed by atoms with Gasteiger partial charge in [-0.2, -0.15) is 0 Å². The molecular formula is C14H23N. The largest absolute Gasteiger partial charge is 0.306 e. The molecule has 4 bridgehead atoms. The lowest BCUT2D eigenvalue weighted by atomic mass is 9.50. The van der Waals surface area contributed by atoms with E-state index in [0.717, 1.165) is 35.1 Å². The molecule has 5 fully saturated rings. The van der Waals surface area contributed by atoms with E-state index >= 15 is 0 Å². The lowest BCUT2D eigenvalue weighted by Crippen LogP contribution is -2.49. The second-order valence-corrected chi connectivity index (χ2v) is 7.10. The molecule has 5 aliphatic rings. The Kier molecular flexibility index (Phi) is 1.57. The van der Waals surface area contributed by atoms with Crippen molar-refractivity contribution in [2.24, 2.45) is 29.1 Å². The minimum absolute atomic E-state index is 0.816. The molecule has 1 nitrogen and oxygen atoms in total. The van der Waals surface area contributed by atoms with Gasteiger partial charge in [0, 0.05) is 6.04 Å². The smallest absolute Gasteiger partial charge is 0.0158 e. The van der Waals surface area contributed by atoms with Crippen LogP contribution in [0.3, 0.4) is 0 Å². The van der Waals surface area contributed by atoms with Gasteiger partial charge in [-0.25, -0.2) is 0 Å². The first kappa shape index (κ1) is 9.04. The van der Waals surface area contributed by atoms with Crippen molar-refractivity contribution < 1.29 is 0 Å². The highest BCUT2D eigenvalue weighted by Crippen LogP contribution is 2.72. The molecule has 0 heterocycles. The van der Waals surface area contributed by atoms with Gasteiger partial charge in [0.05, 0.1) is 0 Å². The molecule has 5 saturated carbocycles. The third kappa shape index (κ3) is 0.988. The summed E-state index contributed by atoms with van der Waals surface area (Å²) in [5.74, 6) is 4.53. The quantitative estimate of drug-likeness (QED) is 0.636. The van der Waals surface area contributed by atoms with Crippen molar-refractivity contribution in [2.75, 3.05) is 14.1 Å². The fraction of sp³-hybridized carbons (Fsp3) is 1.00. The van der Waals surface area contributed by atoms with Gasteiger partial charge >= 0.3 is 0 Å². The van der Waals surface area contributed by atoms with Crippen LogP contribution in [0.25, 0.3) is 0 Å². The molecule has 0 unspecified atom stereocenters. The maximum atomic E-state index is 2.52. The number of rotatable bonds is 1. The molecule has 0 radical (unpaired) electrons. The highest BCUT2D eigenvalue weighted by atomic mass is 15.2. The number of nitrogens with zero attached hydrogens (tertiary/aromatic N) is 1. The van der Waals surface area contributed by atoms with Crippen molar-refractivity contribution in [3.05, 3.63) is 0 Å². The monoisotopic (exact) mass is 205 g/mol. The topological polar surface area (TPSA) is 3.24 Å². The van der Waals surface area contributed by atoms with Crippen molar-refractivity contribution in [3.63, 3.8) is 0 Å². The van der Waals surface area contributed by atoms with E-state index in [1.807, 2.05) is 0 Å². The third-order valence-electron chi connectivity index (χ3n) is 6.29. The second kappa shape index (κ2) is 2.61. The van der Waals surface area contributed by atoms with Crippen molar-refractivity contribution in [2.45, 2.75) is 44.6 Å². The predicted molar refractivity (Wildman–Crippen MR) is 61.6 cm³/mol. The summed E-state index contributed by atoms with van der Waals surface area (Å²) in [6.07, 6.45) is 9.51. The summed E-state index contributed by atoms with van der Waals surface area (Å²) in [7, 11) is 4.59. The van der Waals surface area contributed by atoms with E-state index in [2.05, 4.69) is 19.0 Å². The van der Waals surface area contributed by atoms with E-state index in [1.54, 1.807) is 32.1 Å². The van der Waals surface area contributed by atoms with Gasteiger partial charge in [0.1, 0.15) is 0 Å². The lowest BCUT2D eigenvalue weighted by Gasteiger charge is -2.56. The Morgan fingerprint density at radius 1 is 0.867 bits per heavy atom. The van der Waals surface area contributed by atoms with Gasteiger partial charge < -0.3 is 4.90 Å². The second-order valence-electron chi connectivity index (χ2n) is 7.10. The van der Waals surface area contributed by atoms with Crippen molar-refractivity contribution in [3.8, 4) is 0 Å². The summed E-state index contributed by atoms with van der Waals surface area (Å²) < 4.78 is 0. The molecule has 15 heavy (non-hydrogen) atoms. The fourth-order valence-electron chi connectivity index (χ4n) is 5.88. The van der Waals surface area contributed by atoms with Crippen molar-refractivity contribution >= 4 is 0 Å². The highest BCUT2D eigenvalue weighted by molar-refractivity contribution is 5.20. The zero-order chi connectivity index (χ0) is 10.2. The summed E-state index contributed by atoms with van der Waals surface area (Å²) in [5, 5.41) is 0. The van der Waals surface area contributed by atoms with E-state index in [-0.39, 0.29) is 0 Å². The molecule has 0 N–H and O–H groups in total. The molecule has 0 aliphatic heterocycles. The predicted octanol–water partition coefficient (Wildman–Crippen LogP) is 2.76.